The van der Waals surface area contributed by atoms with Crippen molar-refractivity contribution in [2.24, 2.45) is 4.99 Å². The highest BCUT2D eigenvalue weighted by Gasteiger charge is 2.15. The zero-order chi connectivity index (χ0) is 20.0. The Morgan fingerprint density at radius 1 is 1.29 bits per heavy atom. The number of rotatable bonds is 11. The van der Waals surface area contributed by atoms with Crippen molar-refractivity contribution in [2.45, 2.75) is 23.8 Å². The van der Waals surface area contributed by atoms with Gasteiger partial charge in [0.15, 0.2) is 5.96 Å². The first kappa shape index (κ1) is 22.5. The molecule has 0 radical (unpaired) electrons. The first-order chi connectivity index (χ1) is 13.6. The molecule has 0 spiro atoms. The first-order valence-electron chi connectivity index (χ1n) is 9.74. The SMILES string of the molecule is CN(C)C(=O)CN=C(NCCCOC1CCOC1)NCCSc1ccccc1. The number of hydrogen-bond donors (Lipinski definition) is 2. The van der Waals surface area contributed by atoms with Gasteiger partial charge in [-0.2, -0.15) is 0 Å². The Kier molecular flexibility index (Phi) is 10.8. The Morgan fingerprint density at radius 3 is 2.79 bits per heavy atom. The normalized spacial score (nSPS) is 16.8. The molecule has 0 bridgehead atoms. The molecule has 1 heterocycles. The molecule has 1 saturated heterocycles. The molecule has 0 saturated carbocycles. The molecule has 28 heavy (non-hydrogen) atoms. The van der Waals surface area contributed by atoms with E-state index in [1.807, 2.05) is 18.2 Å². The summed E-state index contributed by atoms with van der Waals surface area (Å²) in [5.41, 5.74) is 0. The Hall–Kier alpha value is -1.77. The predicted octanol–water partition coefficient (Wildman–Crippen LogP) is 1.60. The number of nitrogens with one attached hydrogen (secondary N) is 2. The summed E-state index contributed by atoms with van der Waals surface area (Å²) in [6.45, 7) is 3.82. The van der Waals surface area contributed by atoms with E-state index in [9.17, 15) is 4.79 Å². The minimum atomic E-state index is -0.0238. The second kappa shape index (κ2) is 13.4. The lowest BCUT2D eigenvalue weighted by Gasteiger charge is -2.14. The second-order valence-corrected chi connectivity index (χ2v) is 7.85. The van der Waals surface area contributed by atoms with Crippen molar-refractivity contribution in [1.29, 1.82) is 0 Å². The van der Waals surface area contributed by atoms with Crippen molar-refractivity contribution < 1.29 is 14.3 Å². The van der Waals surface area contributed by atoms with Gasteiger partial charge in [0.05, 0.1) is 12.7 Å². The zero-order valence-electron chi connectivity index (χ0n) is 16.9. The molecule has 2 rings (SSSR count). The van der Waals surface area contributed by atoms with Crippen LogP contribution in [0.2, 0.25) is 0 Å². The van der Waals surface area contributed by atoms with E-state index in [2.05, 4.69) is 27.8 Å². The fourth-order valence-electron chi connectivity index (χ4n) is 2.49. The van der Waals surface area contributed by atoms with Crippen molar-refractivity contribution in [3.8, 4) is 0 Å². The van der Waals surface area contributed by atoms with Crippen molar-refractivity contribution >= 4 is 23.6 Å². The van der Waals surface area contributed by atoms with Gasteiger partial charge in [-0.1, -0.05) is 18.2 Å². The Labute approximate surface area is 172 Å². The van der Waals surface area contributed by atoms with Gasteiger partial charge in [-0.3, -0.25) is 4.79 Å². The van der Waals surface area contributed by atoms with Crippen LogP contribution < -0.4 is 10.6 Å². The molecule has 1 aromatic carbocycles. The molecule has 0 aromatic heterocycles. The summed E-state index contributed by atoms with van der Waals surface area (Å²) in [5, 5.41) is 6.59. The standard InChI is InChI=1S/C20H32N4O3S/c1-24(2)19(25)15-23-20(21-10-6-12-27-17-9-13-26-16-17)22-11-14-28-18-7-4-3-5-8-18/h3-5,7-8,17H,6,9-16H2,1-2H3,(H2,21,22,23). The van der Waals surface area contributed by atoms with E-state index in [-0.39, 0.29) is 18.6 Å². The maximum absolute atomic E-state index is 11.8. The van der Waals surface area contributed by atoms with Gasteiger partial charge in [0.1, 0.15) is 6.54 Å². The van der Waals surface area contributed by atoms with Gasteiger partial charge in [0.2, 0.25) is 5.91 Å². The van der Waals surface area contributed by atoms with E-state index < -0.39 is 0 Å². The average molecular weight is 409 g/mol. The number of ether oxygens (including phenoxy) is 2. The highest BCUT2D eigenvalue weighted by Crippen LogP contribution is 2.15. The summed E-state index contributed by atoms with van der Waals surface area (Å²) in [5.74, 6) is 1.55. The third-order valence-corrected chi connectivity index (χ3v) is 5.15. The lowest BCUT2D eigenvalue weighted by atomic mass is 10.3. The summed E-state index contributed by atoms with van der Waals surface area (Å²) in [6, 6.07) is 10.3. The number of likely N-dealkylation sites (N-methyl/N-ethyl adjacent to an activating group) is 1. The van der Waals surface area contributed by atoms with Crippen LogP contribution >= 0.6 is 11.8 Å². The number of guanidine groups is 1. The van der Waals surface area contributed by atoms with Gasteiger partial charge in [-0.25, -0.2) is 4.99 Å². The van der Waals surface area contributed by atoms with E-state index >= 15 is 0 Å². The van der Waals surface area contributed by atoms with Gasteiger partial charge in [0, 0.05) is 51.0 Å². The highest BCUT2D eigenvalue weighted by atomic mass is 32.2. The summed E-state index contributed by atoms with van der Waals surface area (Å²) in [7, 11) is 3.47. The smallest absolute Gasteiger partial charge is 0.243 e. The van der Waals surface area contributed by atoms with Crippen molar-refractivity contribution in [3.05, 3.63) is 30.3 Å². The highest BCUT2D eigenvalue weighted by molar-refractivity contribution is 7.99. The van der Waals surface area contributed by atoms with Gasteiger partial charge in [0.25, 0.3) is 0 Å². The van der Waals surface area contributed by atoms with Crippen molar-refractivity contribution in [3.63, 3.8) is 0 Å². The second-order valence-electron chi connectivity index (χ2n) is 6.68. The minimum absolute atomic E-state index is 0.0238. The molecule has 1 aliphatic heterocycles. The molecular formula is C20H32N4O3S. The van der Waals surface area contributed by atoms with Crippen molar-refractivity contribution in [1.82, 2.24) is 15.5 Å². The maximum Gasteiger partial charge on any atom is 0.243 e. The largest absolute Gasteiger partial charge is 0.379 e. The molecule has 1 atom stereocenters. The molecule has 1 amide bonds. The van der Waals surface area contributed by atoms with Crippen LogP contribution in [0.15, 0.2) is 40.2 Å². The van der Waals surface area contributed by atoms with Crippen LogP contribution in [-0.4, -0.2) is 82.2 Å². The van der Waals surface area contributed by atoms with E-state index in [0.717, 1.165) is 38.3 Å². The fourth-order valence-corrected chi connectivity index (χ4v) is 3.28. The van der Waals surface area contributed by atoms with Crippen LogP contribution in [0, 0.1) is 0 Å². The predicted molar refractivity (Wildman–Crippen MR) is 114 cm³/mol. The third-order valence-electron chi connectivity index (χ3n) is 4.13. The quantitative estimate of drug-likeness (QED) is 0.251. The van der Waals surface area contributed by atoms with Gasteiger partial charge in [-0.15, -0.1) is 11.8 Å². The maximum atomic E-state index is 11.8. The lowest BCUT2D eigenvalue weighted by Crippen LogP contribution is -2.40. The number of amides is 1. The summed E-state index contributed by atoms with van der Waals surface area (Å²) >= 11 is 1.79. The van der Waals surface area contributed by atoms with Crippen molar-refractivity contribution in [2.75, 3.05) is 59.3 Å². The molecule has 7 nitrogen and oxygen atoms in total. The Morgan fingerprint density at radius 2 is 2.07 bits per heavy atom. The first-order valence-corrected chi connectivity index (χ1v) is 10.7. The topological polar surface area (TPSA) is 75.2 Å². The van der Waals surface area contributed by atoms with Crippen LogP contribution in [0.4, 0.5) is 0 Å². The number of aliphatic imine (C=N–C) groups is 1. The van der Waals surface area contributed by atoms with E-state index in [1.54, 1.807) is 30.8 Å². The van der Waals surface area contributed by atoms with Crippen LogP contribution in [0.5, 0.6) is 0 Å². The number of benzene rings is 1. The van der Waals surface area contributed by atoms with Gasteiger partial charge >= 0.3 is 0 Å². The summed E-state index contributed by atoms with van der Waals surface area (Å²) < 4.78 is 11.1. The number of nitrogens with zero attached hydrogens (tertiary/aromatic N) is 2. The summed E-state index contributed by atoms with van der Waals surface area (Å²) in [6.07, 6.45) is 2.09. The molecule has 1 aromatic rings. The van der Waals surface area contributed by atoms with Gasteiger partial charge in [-0.05, 0) is 25.0 Å². The Bertz CT molecular complexity index is 592. The number of carbonyl (C=O) groups is 1. The van der Waals surface area contributed by atoms with Crippen LogP contribution in [-0.2, 0) is 14.3 Å². The molecule has 2 N–H and O–H groups in total. The van der Waals surface area contributed by atoms with E-state index in [0.29, 0.717) is 19.2 Å². The fraction of sp³-hybridized carbons (Fsp3) is 0.600. The third kappa shape index (κ3) is 9.43. The van der Waals surface area contributed by atoms with Gasteiger partial charge < -0.3 is 25.0 Å². The molecule has 156 valence electrons. The average Bonchev–Trinajstić information content (AvgIpc) is 3.22. The van der Waals surface area contributed by atoms with E-state index in [4.69, 9.17) is 9.47 Å². The number of carbonyl (C=O) groups excluding carboxylic acids is 1. The van der Waals surface area contributed by atoms with Crippen LogP contribution in [0.25, 0.3) is 0 Å². The number of thioether (sulfide) groups is 1. The lowest BCUT2D eigenvalue weighted by molar-refractivity contribution is -0.127. The number of hydrogen-bond acceptors (Lipinski definition) is 5. The molecular weight excluding hydrogens is 376 g/mol. The molecule has 8 heteroatoms. The molecule has 1 unspecified atom stereocenters. The van der Waals surface area contributed by atoms with Crippen LogP contribution in [0.3, 0.4) is 0 Å². The minimum Gasteiger partial charge on any atom is -0.379 e. The monoisotopic (exact) mass is 408 g/mol. The molecule has 0 aliphatic carbocycles. The molecule has 1 fully saturated rings. The summed E-state index contributed by atoms with van der Waals surface area (Å²) in [4.78, 5) is 19.0. The zero-order valence-corrected chi connectivity index (χ0v) is 17.7. The van der Waals surface area contributed by atoms with Crippen LogP contribution in [0.1, 0.15) is 12.8 Å². The molecule has 1 aliphatic rings. The van der Waals surface area contributed by atoms with E-state index in [1.165, 1.54) is 4.90 Å². The Balaban J connectivity index is 1.68.